The van der Waals surface area contributed by atoms with Gasteiger partial charge in [-0.2, -0.15) is 4.98 Å². The van der Waals surface area contributed by atoms with Crippen molar-refractivity contribution in [1.29, 1.82) is 0 Å². The van der Waals surface area contributed by atoms with Crippen LogP contribution >= 0.6 is 0 Å². The second-order valence-electron chi connectivity index (χ2n) is 5.32. The summed E-state index contributed by atoms with van der Waals surface area (Å²) in [7, 11) is 0. The van der Waals surface area contributed by atoms with E-state index < -0.39 is 5.54 Å². The highest BCUT2D eigenvalue weighted by Gasteiger charge is 2.29. The number of nitrogens with zero attached hydrogens (tertiary/aromatic N) is 3. The average Bonchev–Trinajstić information content (AvgIpc) is 2.74. The van der Waals surface area contributed by atoms with E-state index in [-0.39, 0.29) is 5.91 Å². The molecule has 1 aliphatic rings. The summed E-state index contributed by atoms with van der Waals surface area (Å²) in [5.41, 5.74) is 5.24. The molecule has 1 atom stereocenters. The fourth-order valence-corrected chi connectivity index (χ4v) is 1.87. The highest BCUT2D eigenvalue weighted by molar-refractivity contribution is 5.78. The number of likely N-dealkylation sites (tertiary alicyclic amines) is 1. The molecule has 2 heterocycles. The maximum atomic E-state index is 11.6. The van der Waals surface area contributed by atoms with Gasteiger partial charge in [-0.05, 0) is 19.8 Å². The lowest BCUT2D eigenvalue weighted by Gasteiger charge is -2.13. The molecular weight excluding hydrogens is 220 g/mol. The predicted molar refractivity (Wildman–Crippen MR) is 60.7 cm³/mol. The summed E-state index contributed by atoms with van der Waals surface area (Å²) in [6.07, 6.45) is 0.601. The minimum absolute atomic E-state index is 0.143. The summed E-state index contributed by atoms with van der Waals surface area (Å²) in [5, 5.41) is 3.82. The van der Waals surface area contributed by atoms with Gasteiger partial charge in [-0.3, -0.25) is 4.79 Å². The Hall–Kier alpha value is -1.43. The first-order valence-electron chi connectivity index (χ1n) is 5.76. The van der Waals surface area contributed by atoms with Crippen LogP contribution < -0.4 is 5.73 Å². The van der Waals surface area contributed by atoms with Gasteiger partial charge in [-0.1, -0.05) is 12.1 Å². The molecule has 1 aliphatic heterocycles. The van der Waals surface area contributed by atoms with Crippen LogP contribution in [0.5, 0.6) is 0 Å². The van der Waals surface area contributed by atoms with E-state index in [0.29, 0.717) is 30.6 Å². The van der Waals surface area contributed by atoms with Crippen LogP contribution in [0.25, 0.3) is 0 Å². The van der Waals surface area contributed by atoms with Crippen molar-refractivity contribution in [2.45, 2.75) is 39.3 Å². The fourth-order valence-electron chi connectivity index (χ4n) is 1.87. The molecule has 6 heteroatoms. The van der Waals surface area contributed by atoms with Crippen molar-refractivity contribution in [3.05, 3.63) is 11.7 Å². The van der Waals surface area contributed by atoms with Crippen molar-refractivity contribution in [1.82, 2.24) is 15.0 Å². The largest absolute Gasteiger partial charge is 0.337 e. The quantitative estimate of drug-likeness (QED) is 0.834. The van der Waals surface area contributed by atoms with Crippen molar-refractivity contribution in [2.24, 2.45) is 11.7 Å². The summed E-state index contributed by atoms with van der Waals surface area (Å²) < 4.78 is 5.10. The van der Waals surface area contributed by atoms with Gasteiger partial charge in [0.2, 0.25) is 11.8 Å². The topological polar surface area (TPSA) is 85.2 Å². The van der Waals surface area contributed by atoms with Crippen LogP contribution in [0, 0.1) is 5.92 Å². The molecule has 2 rings (SSSR count). The third-order valence-corrected chi connectivity index (χ3v) is 2.78. The van der Waals surface area contributed by atoms with Gasteiger partial charge in [0.1, 0.15) is 0 Å². The van der Waals surface area contributed by atoms with Gasteiger partial charge in [0.15, 0.2) is 5.82 Å². The Morgan fingerprint density at radius 2 is 2.29 bits per heavy atom. The highest BCUT2D eigenvalue weighted by Crippen LogP contribution is 2.19. The van der Waals surface area contributed by atoms with E-state index in [2.05, 4.69) is 17.1 Å². The molecule has 0 saturated carbocycles. The molecule has 1 aromatic heterocycles. The number of rotatable bonds is 3. The molecule has 0 aliphatic carbocycles. The molecule has 1 saturated heterocycles. The number of amides is 1. The standard InChI is InChI=1S/C11H18N4O2/c1-7-4-9(16)15(5-7)6-8-13-10(14-17-8)11(2,3)12/h7H,4-6,12H2,1-3H3. The zero-order valence-corrected chi connectivity index (χ0v) is 10.4. The van der Waals surface area contributed by atoms with E-state index in [1.54, 1.807) is 4.90 Å². The molecule has 17 heavy (non-hydrogen) atoms. The Morgan fingerprint density at radius 1 is 1.59 bits per heavy atom. The maximum Gasteiger partial charge on any atom is 0.246 e. The Bertz CT molecular complexity index is 421. The third kappa shape index (κ3) is 2.63. The van der Waals surface area contributed by atoms with Gasteiger partial charge in [-0.25, -0.2) is 0 Å². The molecule has 1 unspecified atom stereocenters. The number of hydrogen-bond donors (Lipinski definition) is 1. The Morgan fingerprint density at radius 3 is 2.76 bits per heavy atom. The molecule has 0 bridgehead atoms. The number of nitrogens with two attached hydrogens (primary N) is 1. The monoisotopic (exact) mass is 238 g/mol. The molecule has 6 nitrogen and oxygen atoms in total. The first kappa shape index (κ1) is 12.0. The average molecular weight is 238 g/mol. The first-order valence-corrected chi connectivity index (χ1v) is 5.76. The second-order valence-corrected chi connectivity index (χ2v) is 5.32. The minimum Gasteiger partial charge on any atom is -0.337 e. The summed E-state index contributed by atoms with van der Waals surface area (Å²) in [5.74, 6) is 1.45. The molecule has 1 amide bonds. The van der Waals surface area contributed by atoms with E-state index in [4.69, 9.17) is 10.3 Å². The zero-order valence-electron chi connectivity index (χ0n) is 10.4. The minimum atomic E-state index is -0.621. The van der Waals surface area contributed by atoms with Crippen LogP contribution in [0.2, 0.25) is 0 Å². The van der Waals surface area contributed by atoms with Crippen LogP contribution in [-0.2, 0) is 16.9 Å². The van der Waals surface area contributed by atoms with Crippen molar-refractivity contribution >= 4 is 5.91 Å². The number of carbonyl (C=O) groups is 1. The second kappa shape index (κ2) is 4.10. The molecule has 1 fully saturated rings. The van der Waals surface area contributed by atoms with Crippen molar-refractivity contribution in [3.63, 3.8) is 0 Å². The fraction of sp³-hybridized carbons (Fsp3) is 0.727. The van der Waals surface area contributed by atoms with Crippen LogP contribution in [0.3, 0.4) is 0 Å². The van der Waals surface area contributed by atoms with E-state index in [0.717, 1.165) is 6.54 Å². The Kier molecular flexibility index (Phi) is 2.91. The third-order valence-electron chi connectivity index (χ3n) is 2.78. The number of hydrogen-bond acceptors (Lipinski definition) is 5. The van der Waals surface area contributed by atoms with Gasteiger partial charge in [0.25, 0.3) is 0 Å². The van der Waals surface area contributed by atoms with E-state index in [1.165, 1.54) is 0 Å². The van der Waals surface area contributed by atoms with Crippen LogP contribution in [0.4, 0.5) is 0 Å². The van der Waals surface area contributed by atoms with E-state index in [9.17, 15) is 4.79 Å². The van der Waals surface area contributed by atoms with Crippen LogP contribution in [0.15, 0.2) is 4.52 Å². The molecule has 1 aromatic rings. The van der Waals surface area contributed by atoms with Gasteiger partial charge < -0.3 is 15.2 Å². The van der Waals surface area contributed by atoms with E-state index in [1.807, 2.05) is 13.8 Å². The molecular formula is C11H18N4O2. The smallest absolute Gasteiger partial charge is 0.246 e. The van der Waals surface area contributed by atoms with Crippen molar-refractivity contribution < 1.29 is 9.32 Å². The zero-order chi connectivity index (χ0) is 12.6. The summed E-state index contributed by atoms with van der Waals surface area (Å²) in [4.78, 5) is 17.6. The van der Waals surface area contributed by atoms with Crippen molar-refractivity contribution in [2.75, 3.05) is 6.54 Å². The molecule has 0 aromatic carbocycles. The van der Waals surface area contributed by atoms with Gasteiger partial charge in [0, 0.05) is 13.0 Å². The number of carbonyl (C=O) groups excluding carboxylic acids is 1. The Labute approximate surface area is 100 Å². The lowest BCUT2D eigenvalue weighted by molar-refractivity contribution is -0.128. The summed E-state index contributed by atoms with van der Waals surface area (Å²) in [6, 6.07) is 0. The van der Waals surface area contributed by atoms with Gasteiger partial charge in [-0.15, -0.1) is 0 Å². The highest BCUT2D eigenvalue weighted by atomic mass is 16.5. The summed E-state index contributed by atoms with van der Waals surface area (Å²) >= 11 is 0. The molecule has 0 radical (unpaired) electrons. The van der Waals surface area contributed by atoms with Crippen LogP contribution in [0.1, 0.15) is 38.9 Å². The lowest BCUT2D eigenvalue weighted by Crippen LogP contribution is -2.30. The lowest BCUT2D eigenvalue weighted by atomic mass is 10.1. The molecule has 2 N–H and O–H groups in total. The molecule has 94 valence electrons. The number of aromatic nitrogens is 2. The van der Waals surface area contributed by atoms with Crippen LogP contribution in [-0.4, -0.2) is 27.5 Å². The van der Waals surface area contributed by atoms with Crippen molar-refractivity contribution in [3.8, 4) is 0 Å². The van der Waals surface area contributed by atoms with Gasteiger partial charge in [0.05, 0.1) is 12.1 Å². The first-order chi connectivity index (χ1) is 7.86. The van der Waals surface area contributed by atoms with E-state index >= 15 is 0 Å². The predicted octanol–water partition coefficient (Wildman–Crippen LogP) is 0.632. The molecule has 0 spiro atoms. The summed E-state index contributed by atoms with van der Waals surface area (Å²) in [6.45, 7) is 6.81. The normalized spacial score (nSPS) is 21.3. The SMILES string of the molecule is CC1CC(=O)N(Cc2nc(C(C)(C)N)no2)C1. The maximum absolute atomic E-state index is 11.6. The van der Waals surface area contributed by atoms with Gasteiger partial charge >= 0.3 is 0 Å². The Balaban J connectivity index is 2.05.